The van der Waals surface area contributed by atoms with Crippen molar-refractivity contribution in [3.63, 3.8) is 0 Å². The van der Waals surface area contributed by atoms with Gasteiger partial charge in [-0.1, -0.05) is 65.5 Å². The average molecular weight is 645 g/mol. The summed E-state index contributed by atoms with van der Waals surface area (Å²) >= 11 is 0. The molecule has 4 rings (SSSR count). The lowest BCUT2D eigenvalue weighted by Gasteiger charge is -2.58. The third-order valence-corrected chi connectivity index (χ3v) is 13.9. The van der Waals surface area contributed by atoms with Crippen molar-refractivity contribution in [3.8, 4) is 0 Å². The summed E-state index contributed by atoms with van der Waals surface area (Å²) in [6.07, 6.45) is 19.4. The molecule has 0 aromatic rings. The number of amides is 1. The molecule has 0 aliphatic heterocycles. The van der Waals surface area contributed by atoms with Gasteiger partial charge in [-0.2, -0.15) is 0 Å². The first-order valence-corrected chi connectivity index (χ1v) is 19.6. The number of hydrogen-bond acceptors (Lipinski definition) is 5. The number of nitrogens with one attached hydrogen (secondary N) is 1. The predicted octanol–water partition coefficient (Wildman–Crippen LogP) is 6.99. The fourth-order valence-electron chi connectivity index (χ4n) is 11.3. The van der Waals surface area contributed by atoms with Crippen molar-refractivity contribution in [2.75, 3.05) is 52.4 Å². The Balaban J connectivity index is 1.28. The highest BCUT2D eigenvalue weighted by Crippen LogP contribution is 2.67. The molecule has 7 N–H and O–H groups in total. The van der Waals surface area contributed by atoms with Gasteiger partial charge in [0.05, 0.1) is 26.2 Å². The molecule has 8 atom stereocenters. The third-order valence-electron chi connectivity index (χ3n) is 13.9. The molecule has 0 bridgehead atoms. The molecule has 46 heavy (non-hydrogen) atoms. The summed E-state index contributed by atoms with van der Waals surface area (Å²) in [4.78, 5) is 12.9. The van der Waals surface area contributed by atoms with Crippen LogP contribution in [0.4, 0.5) is 4.79 Å². The number of quaternary nitrogens is 1. The molecule has 3 saturated carbocycles. The highest BCUT2D eigenvalue weighted by atomic mass is 16.6. The Bertz CT molecular complexity index is 977. The minimum atomic E-state index is -0.253. The van der Waals surface area contributed by atoms with Crippen molar-refractivity contribution in [1.29, 1.82) is 0 Å². The first-order chi connectivity index (χ1) is 22.0. The lowest BCUT2D eigenvalue weighted by atomic mass is 9.47. The van der Waals surface area contributed by atoms with Gasteiger partial charge in [0, 0.05) is 38.8 Å². The van der Waals surface area contributed by atoms with E-state index in [1.165, 1.54) is 51.4 Å². The Morgan fingerprint density at radius 2 is 1.61 bits per heavy atom. The van der Waals surface area contributed by atoms with E-state index >= 15 is 0 Å². The first kappa shape index (κ1) is 37.7. The minimum Gasteiger partial charge on any atom is -0.446 e. The number of allylic oxidation sites excluding steroid dienone is 1. The number of ether oxygens (including phenoxy) is 1. The molecular formula is C39H74N5O2+. The van der Waals surface area contributed by atoms with E-state index in [2.05, 4.69) is 46.0 Å². The summed E-state index contributed by atoms with van der Waals surface area (Å²) in [6, 6.07) is 0. The molecular weight excluding hydrogens is 570 g/mol. The summed E-state index contributed by atoms with van der Waals surface area (Å²) < 4.78 is 7.00. The standard InChI is InChI=1S/C39H73N5O2/c1-29(2)10-6-11-30(3)34-14-15-35-33-13-12-31-28-32(16-18-38(31,4)36(33)17-19-39(34,35)5)46-37(45)43-23-9-26-44(27-22-42,24-7-20-40)25-8-21-41/h12,29-30,32-36H,6-11,13-28,40-42H2,1-5H3/p+1/t30-,32+,33+,34-,35+,36+,38+,39-/m1/s1. The number of fused-ring (bicyclic) bond motifs is 5. The van der Waals surface area contributed by atoms with Gasteiger partial charge in [0.25, 0.3) is 0 Å². The van der Waals surface area contributed by atoms with E-state index in [4.69, 9.17) is 21.9 Å². The van der Waals surface area contributed by atoms with Crippen LogP contribution in [0.5, 0.6) is 0 Å². The maximum absolute atomic E-state index is 12.9. The van der Waals surface area contributed by atoms with Gasteiger partial charge in [-0.05, 0) is 104 Å². The van der Waals surface area contributed by atoms with Crippen molar-refractivity contribution < 1.29 is 14.0 Å². The molecule has 0 saturated heterocycles. The molecule has 7 heteroatoms. The van der Waals surface area contributed by atoms with Crippen LogP contribution in [0.3, 0.4) is 0 Å². The molecule has 4 aliphatic rings. The second-order valence-electron chi connectivity index (χ2n) is 17.1. The van der Waals surface area contributed by atoms with E-state index < -0.39 is 0 Å². The number of alkyl carbamates (subject to hydrolysis) is 1. The smallest absolute Gasteiger partial charge is 0.407 e. The number of carbonyl (C=O) groups excluding carboxylic acids is 1. The monoisotopic (exact) mass is 645 g/mol. The van der Waals surface area contributed by atoms with Crippen molar-refractivity contribution in [2.24, 2.45) is 63.5 Å². The molecule has 0 aromatic carbocycles. The quantitative estimate of drug-likeness (QED) is 0.0730. The van der Waals surface area contributed by atoms with Crippen LogP contribution in [0, 0.1) is 46.3 Å². The number of nitrogens with two attached hydrogens (primary N) is 3. The van der Waals surface area contributed by atoms with E-state index in [9.17, 15) is 4.79 Å². The number of nitrogens with zero attached hydrogens (tertiary/aromatic N) is 1. The van der Waals surface area contributed by atoms with Gasteiger partial charge in [-0.25, -0.2) is 4.79 Å². The fourth-order valence-corrected chi connectivity index (χ4v) is 11.3. The van der Waals surface area contributed by atoms with Crippen LogP contribution in [-0.4, -0.2) is 69.0 Å². The Morgan fingerprint density at radius 3 is 2.28 bits per heavy atom. The molecule has 266 valence electrons. The van der Waals surface area contributed by atoms with Crippen molar-refractivity contribution in [1.82, 2.24) is 5.32 Å². The second kappa shape index (κ2) is 17.0. The van der Waals surface area contributed by atoms with Gasteiger partial charge < -0.3 is 31.7 Å². The van der Waals surface area contributed by atoms with E-state index in [1.54, 1.807) is 5.57 Å². The lowest BCUT2D eigenvalue weighted by Crippen LogP contribution is -2.54. The van der Waals surface area contributed by atoms with Crippen LogP contribution < -0.4 is 22.5 Å². The minimum absolute atomic E-state index is 0.00602. The van der Waals surface area contributed by atoms with Crippen LogP contribution in [0.25, 0.3) is 0 Å². The normalized spacial score (nSPS) is 33.2. The summed E-state index contributed by atoms with van der Waals surface area (Å²) in [5.41, 5.74) is 20.1. The van der Waals surface area contributed by atoms with Gasteiger partial charge in [-0.3, -0.25) is 0 Å². The zero-order valence-electron chi connectivity index (χ0n) is 30.7. The van der Waals surface area contributed by atoms with Crippen LogP contribution in [-0.2, 0) is 4.74 Å². The SMILES string of the molecule is CC(C)CCC[C@@H](C)[C@H]1CC[C@H]2[C@@H]3CC=C4C[C@@H](OC(=O)NCCC[N+](CCN)(CCCN)CCCN)CC[C@]4(C)[C@H]3CC[C@]12C. The van der Waals surface area contributed by atoms with Crippen molar-refractivity contribution in [3.05, 3.63) is 11.6 Å². The van der Waals surface area contributed by atoms with Gasteiger partial charge in [0.2, 0.25) is 0 Å². The molecule has 4 aliphatic carbocycles. The third kappa shape index (κ3) is 8.71. The summed E-state index contributed by atoms with van der Waals surface area (Å²) in [5.74, 6) is 5.09. The Labute approximate surface area is 283 Å². The molecule has 1 amide bonds. The molecule has 0 spiro atoms. The zero-order valence-corrected chi connectivity index (χ0v) is 30.7. The lowest BCUT2D eigenvalue weighted by molar-refractivity contribution is -0.927. The highest BCUT2D eigenvalue weighted by Gasteiger charge is 2.59. The fraction of sp³-hybridized carbons (Fsp3) is 0.923. The first-order valence-electron chi connectivity index (χ1n) is 19.6. The van der Waals surface area contributed by atoms with E-state index in [-0.39, 0.29) is 17.6 Å². The molecule has 0 heterocycles. The Morgan fingerprint density at radius 1 is 0.891 bits per heavy atom. The maximum atomic E-state index is 12.9. The van der Waals surface area contributed by atoms with Crippen molar-refractivity contribution in [2.45, 2.75) is 131 Å². The van der Waals surface area contributed by atoms with E-state index in [0.29, 0.717) is 31.6 Å². The maximum Gasteiger partial charge on any atom is 0.407 e. The largest absolute Gasteiger partial charge is 0.446 e. The van der Waals surface area contributed by atoms with Crippen LogP contribution >= 0.6 is 0 Å². The van der Waals surface area contributed by atoms with E-state index in [0.717, 1.165) is 105 Å². The van der Waals surface area contributed by atoms with Crippen LogP contribution in [0.1, 0.15) is 125 Å². The zero-order chi connectivity index (χ0) is 33.4. The topological polar surface area (TPSA) is 116 Å². The highest BCUT2D eigenvalue weighted by molar-refractivity contribution is 5.67. The van der Waals surface area contributed by atoms with Crippen LogP contribution in [0.15, 0.2) is 11.6 Å². The molecule has 0 radical (unpaired) electrons. The van der Waals surface area contributed by atoms with Gasteiger partial charge in [-0.15, -0.1) is 0 Å². The molecule has 0 unspecified atom stereocenters. The average Bonchev–Trinajstić information content (AvgIpc) is 3.38. The summed E-state index contributed by atoms with van der Waals surface area (Å²) in [7, 11) is 0. The molecule has 7 nitrogen and oxygen atoms in total. The number of rotatable bonds is 18. The number of hydrogen-bond donors (Lipinski definition) is 4. The summed E-state index contributed by atoms with van der Waals surface area (Å²) in [5, 5.41) is 3.07. The second-order valence-corrected chi connectivity index (χ2v) is 17.1. The Hall–Kier alpha value is -1.15. The predicted molar refractivity (Wildman–Crippen MR) is 192 cm³/mol. The van der Waals surface area contributed by atoms with Crippen LogP contribution in [0.2, 0.25) is 0 Å². The van der Waals surface area contributed by atoms with Gasteiger partial charge in [0.1, 0.15) is 6.10 Å². The van der Waals surface area contributed by atoms with Crippen molar-refractivity contribution >= 4 is 6.09 Å². The van der Waals surface area contributed by atoms with Gasteiger partial charge >= 0.3 is 6.09 Å². The number of carbonyl (C=O) groups is 1. The molecule has 3 fully saturated rings. The van der Waals surface area contributed by atoms with Gasteiger partial charge in [0.15, 0.2) is 0 Å². The Kier molecular flexibility index (Phi) is 13.9. The van der Waals surface area contributed by atoms with E-state index in [1.807, 2.05) is 0 Å². The molecule has 0 aromatic heterocycles. The summed E-state index contributed by atoms with van der Waals surface area (Å²) in [6.45, 7) is 19.2.